The number of rotatable bonds is 3. The van der Waals surface area contributed by atoms with Crippen molar-refractivity contribution in [3.05, 3.63) is 40.9 Å². The van der Waals surface area contributed by atoms with E-state index in [1.807, 2.05) is 42.2 Å². The highest BCUT2D eigenvalue weighted by atomic mass is 35.5. The van der Waals surface area contributed by atoms with Gasteiger partial charge in [0.25, 0.3) is 0 Å². The minimum atomic E-state index is 0.0538. The molecular weight excluding hydrogens is 260 g/mol. The lowest BCUT2D eigenvalue weighted by Crippen LogP contribution is -2.32. The first-order valence-electron chi connectivity index (χ1n) is 6.54. The average molecular weight is 279 g/mol. The van der Waals surface area contributed by atoms with Gasteiger partial charge in [-0.25, -0.2) is 0 Å². The fourth-order valence-corrected chi connectivity index (χ4v) is 2.39. The number of carbonyl (C=O) groups excluding carboxylic acids is 1. The number of likely N-dealkylation sites (tertiary alicyclic amines) is 1. The van der Waals surface area contributed by atoms with Crippen molar-refractivity contribution in [3.8, 4) is 0 Å². The molecule has 0 spiro atoms. The minimum Gasteiger partial charge on any atom is -0.339 e. The third-order valence-corrected chi connectivity index (χ3v) is 3.82. The van der Waals surface area contributed by atoms with Gasteiger partial charge in [-0.2, -0.15) is 0 Å². The maximum Gasteiger partial charge on any atom is 0.246 e. The van der Waals surface area contributed by atoms with Crippen molar-refractivity contribution in [2.75, 3.05) is 13.1 Å². The second-order valence-electron chi connectivity index (χ2n) is 5.08. The van der Waals surface area contributed by atoms with Gasteiger partial charge in [0.05, 0.1) is 0 Å². The lowest BCUT2D eigenvalue weighted by atomic mass is 10.0. The van der Waals surface area contributed by atoms with Gasteiger partial charge in [0, 0.05) is 30.2 Å². The Bertz CT molecular complexity index is 468. The molecule has 0 saturated carbocycles. The summed E-state index contributed by atoms with van der Waals surface area (Å²) in [5.74, 6) is 0.478. The summed E-state index contributed by atoms with van der Waals surface area (Å²) < 4.78 is 0. The number of carbonyl (C=O) groups is 1. The minimum absolute atomic E-state index is 0.0538. The molecule has 0 bridgehead atoms. The van der Waals surface area contributed by atoms with Crippen LogP contribution in [-0.4, -0.2) is 29.9 Å². The summed E-state index contributed by atoms with van der Waals surface area (Å²) in [7, 11) is 0. The fourth-order valence-electron chi connectivity index (χ4n) is 2.26. The highest BCUT2D eigenvalue weighted by Crippen LogP contribution is 2.19. The van der Waals surface area contributed by atoms with E-state index in [-0.39, 0.29) is 11.9 Å². The molecule has 0 radical (unpaired) electrons. The van der Waals surface area contributed by atoms with Gasteiger partial charge in [0.1, 0.15) is 0 Å². The molecule has 1 heterocycles. The molecule has 1 aliphatic heterocycles. The monoisotopic (exact) mass is 278 g/mol. The zero-order valence-corrected chi connectivity index (χ0v) is 11.8. The molecule has 2 atom stereocenters. The molecule has 0 aromatic heterocycles. The van der Waals surface area contributed by atoms with Crippen LogP contribution in [0.1, 0.15) is 18.9 Å². The quantitative estimate of drug-likeness (QED) is 0.864. The second-order valence-corrected chi connectivity index (χ2v) is 5.51. The van der Waals surface area contributed by atoms with E-state index >= 15 is 0 Å². The van der Waals surface area contributed by atoms with E-state index in [1.165, 1.54) is 0 Å². The SMILES string of the molecule is CC(N)C1CCN(C(=O)/C=C/c2ccc(Cl)cc2)C1. The standard InChI is InChI=1S/C15H19ClN2O/c1-11(17)13-8-9-18(10-13)15(19)7-4-12-2-5-14(16)6-3-12/h2-7,11,13H,8-10,17H2,1H3/b7-4+. The maximum atomic E-state index is 12.0. The van der Waals surface area contributed by atoms with Crippen LogP contribution >= 0.6 is 11.6 Å². The molecule has 1 aromatic rings. The van der Waals surface area contributed by atoms with Crippen LogP contribution in [-0.2, 0) is 4.79 Å². The smallest absolute Gasteiger partial charge is 0.246 e. The zero-order chi connectivity index (χ0) is 13.8. The van der Waals surface area contributed by atoms with Crippen LogP contribution in [0.3, 0.4) is 0 Å². The van der Waals surface area contributed by atoms with Crippen molar-refractivity contribution in [2.24, 2.45) is 11.7 Å². The molecule has 1 fully saturated rings. The highest BCUT2D eigenvalue weighted by molar-refractivity contribution is 6.30. The number of benzene rings is 1. The summed E-state index contributed by atoms with van der Waals surface area (Å²) in [6.45, 7) is 3.57. The molecule has 4 heteroatoms. The Morgan fingerprint density at radius 2 is 2.16 bits per heavy atom. The zero-order valence-electron chi connectivity index (χ0n) is 11.1. The van der Waals surface area contributed by atoms with Gasteiger partial charge < -0.3 is 10.6 Å². The predicted molar refractivity (Wildman–Crippen MR) is 78.8 cm³/mol. The predicted octanol–water partition coefficient (Wildman–Crippen LogP) is 2.55. The van der Waals surface area contributed by atoms with Gasteiger partial charge >= 0.3 is 0 Å². The van der Waals surface area contributed by atoms with Crippen LogP contribution in [0.15, 0.2) is 30.3 Å². The molecule has 1 saturated heterocycles. The first-order valence-corrected chi connectivity index (χ1v) is 6.92. The average Bonchev–Trinajstić information content (AvgIpc) is 2.87. The molecule has 102 valence electrons. The Morgan fingerprint density at radius 1 is 1.47 bits per heavy atom. The normalized spacial score (nSPS) is 21.0. The Hall–Kier alpha value is -1.32. The summed E-state index contributed by atoms with van der Waals surface area (Å²) in [6.07, 6.45) is 4.43. The number of halogens is 1. The van der Waals surface area contributed by atoms with Crippen molar-refractivity contribution in [2.45, 2.75) is 19.4 Å². The topological polar surface area (TPSA) is 46.3 Å². The van der Waals surface area contributed by atoms with Crippen LogP contribution in [0, 0.1) is 5.92 Å². The van der Waals surface area contributed by atoms with Crippen LogP contribution in [0.4, 0.5) is 0 Å². The van der Waals surface area contributed by atoms with Gasteiger partial charge in [-0.15, -0.1) is 0 Å². The molecule has 2 unspecified atom stereocenters. The molecule has 2 rings (SSSR count). The Balaban J connectivity index is 1.93. The summed E-state index contributed by atoms with van der Waals surface area (Å²) in [5.41, 5.74) is 6.84. The summed E-state index contributed by atoms with van der Waals surface area (Å²) >= 11 is 5.81. The molecule has 0 aliphatic carbocycles. The molecule has 1 aliphatic rings. The van der Waals surface area contributed by atoms with E-state index in [0.717, 1.165) is 25.1 Å². The summed E-state index contributed by atoms with van der Waals surface area (Å²) in [6, 6.07) is 7.56. The summed E-state index contributed by atoms with van der Waals surface area (Å²) in [5, 5.41) is 0.697. The van der Waals surface area contributed by atoms with Gasteiger partial charge in [0.2, 0.25) is 5.91 Å². The lowest BCUT2D eigenvalue weighted by molar-refractivity contribution is -0.125. The molecule has 1 amide bonds. The van der Waals surface area contributed by atoms with Crippen molar-refractivity contribution >= 4 is 23.6 Å². The first kappa shape index (κ1) is 14.1. The number of amides is 1. The highest BCUT2D eigenvalue weighted by Gasteiger charge is 2.27. The van der Waals surface area contributed by atoms with E-state index in [1.54, 1.807) is 6.08 Å². The van der Waals surface area contributed by atoms with Gasteiger partial charge in [-0.1, -0.05) is 23.7 Å². The van der Waals surface area contributed by atoms with Crippen molar-refractivity contribution in [3.63, 3.8) is 0 Å². The molecule has 19 heavy (non-hydrogen) atoms. The van der Waals surface area contributed by atoms with E-state index in [9.17, 15) is 4.79 Å². The van der Waals surface area contributed by atoms with Gasteiger partial charge in [0.15, 0.2) is 0 Å². The van der Waals surface area contributed by atoms with Crippen LogP contribution in [0.5, 0.6) is 0 Å². The van der Waals surface area contributed by atoms with Crippen LogP contribution in [0.2, 0.25) is 5.02 Å². The van der Waals surface area contributed by atoms with E-state index in [4.69, 9.17) is 17.3 Å². The van der Waals surface area contributed by atoms with Crippen molar-refractivity contribution < 1.29 is 4.79 Å². The summed E-state index contributed by atoms with van der Waals surface area (Å²) in [4.78, 5) is 13.9. The van der Waals surface area contributed by atoms with Gasteiger partial charge in [-0.05, 0) is 43.0 Å². The number of hydrogen-bond acceptors (Lipinski definition) is 2. The third kappa shape index (κ3) is 3.82. The van der Waals surface area contributed by atoms with Crippen molar-refractivity contribution in [1.29, 1.82) is 0 Å². The molecule has 3 nitrogen and oxygen atoms in total. The molecule has 1 aromatic carbocycles. The van der Waals surface area contributed by atoms with Crippen LogP contribution in [0.25, 0.3) is 6.08 Å². The van der Waals surface area contributed by atoms with Gasteiger partial charge in [-0.3, -0.25) is 4.79 Å². The maximum absolute atomic E-state index is 12.0. The third-order valence-electron chi connectivity index (χ3n) is 3.57. The van der Waals surface area contributed by atoms with Crippen LogP contribution < -0.4 is 5.73 Å². The molecule has 2 N–H and O–H groups in total. The number of hydrogen-bond donors (Lipinski definition) is 1. The van der Waals surface area contributed by atoms with E-state index in [2.05, 4.69) is 0 Å². The number of nitrogens with zero attached hydrogens (tertiary/aromatic N) is 1. The molecular formula is C15H19ClN2O. The number of nitrogens with two attached hydrogens (primary N) is 1. The Kier molecular flexibility index (Phi) is 4.61. The first-order chi connectivity index (χ1) is 9.06. The Morgan fingerprint density at radius 3 is 2.74 bits per heavy atom. The van der Waals surface area contributed by atoms with Crippen molar-refractivity contribution in [1.82, 2.24) is 4.90 Å². The van der Waals surface area contributed by atoms with E-state index < -0.39 is 0 Å². The Labute approximate surface area is 119 Å². The fraction of sp³-hybridized carbons (Fsp3) is 0.400. The largest absolute Gasteiger partial charge is 0.339 e. The van der Waals surface area contributed by atoms with E-state index in [0.29, 0.717) is 10.9 Å². The lowest BCUT2D eigenvalue weighted by Gasteiger charge is -2.16. The second kappa shape index (κ2) is 6.22.